The second-order valence-corrected chi connectivity index (χ2v) is 7.57. The monoisotopic (exact) mass is 434 g/mol. The van der Waals surface area contributed by atoms with Crippen molar-refractivity contribution >= 4 is 23.2 Å². The van der Waals surface area contributed by atoms with Crippen LogP contribution in [0.5, 0.6) is 0 Å². The Hall–Kier alpha value is -4.28. The van der Waals surface area contributed by atoms with Crippen molar-refractivity contribution in [2.45, 2.75) is 19.5 Å². The highest BCUT2D eigenvalue weighted by Crippen LogP contribution is 2.29. The minimum absolute atomic E-state index is 0.0258. The van der Waals surface area contributed by atoms with E-state index >= 15 is 0 Å². The minimum atomic E-state index is -0.658. The first kappa shape index (κ1) is 19.7. The molecule has 4 heterocycles. The molecule has 32 heavy (non-hydrogen) atoms. The van der Waals surface area contributed by atoms with Gasteiger partial charge in [-0.1, -0.05) is 18.2 Å². The van der Waals surface area contributed by atoms with Crippen molar-refractivity contribution in [3.05, 3.63) is 75.8 Å². The molecule has 10 nitrogen and oxygen atoms in total. The molecule has 162 valence electrons. The standard InChI is InChI=1S/C21H19FN8O2/c1-11(24-17-15-14(25-21(23)26-17)10-28(2)19(15)31)18-27-29-9-8-13(22)16(29)20(32)30(18)12-6-4-3-5-7-12/h3-9,11H,10H2,1-2H3,(H3,23,24,25,26)/t11-/m0/s1. The Labute approximate surface area is 181 Å². The number of aromatic nitrogens is 5. The number of nitrogens with zero attached hydrogens (tertiary/aromatic N) is 6. The van der Waals surface area contributed by atoms with Crippen LogP contribution in [-0.4, -0.2) is 42.0 Å². The molecule has 5 rings (SSSR count). The van der Waals surface area contributed by atoms with E-state index in [4.69, 9.17) is 5.73 Å². The summed E-state index contributed by atoms with van der Waals surface area (Å²) in [5.74, 6) is -0.311. The molecule has 1 amide bonds. The normalized spacial score (nSPS) is 14.1. The maximum absolute atomic E-state index is 14.3. The summed E-state index contributed by atoms with van der Waals surface area (Å²) < 4.78 is 16.8. The average Bonchev–Trinajstić information content (AvgIpc) is 3.27. The fourth-order valence-electron chi connectivity index (χ4n) is 3.88. The van der Waals surface area contributed by atoms with Crippen molar-refractivity contribution in [2.75, 3.05) is 18.1 Å². The van der Waals surface area contributed by atoms with Crippen LogP contribution in [0, 0.1) is 5.82 Å². The van der Waals surface area contributed by atoms with E-state index in [0.717, 1.165) is 0 Å². The van der Waals surface area contributed by atoms with Crippen LogP contribution in [0.3, 0.4) is 0 Å². The summed E-state index contributed by atoms with van der Waals surface area (Å²) in [4.78, 5) is 35.8. The van der Waals surface area contributed by atoms with Gasteiger partial charge in [-0.25, -0.2) is 13.9 Å². The summed E-state index contributed by atoms with van der Waals surface area (Å²) >= 11 is 0. The molecule has 11 heteroatoms. The third kappa shape index (κ3) is 2.97. The number of nitrogens with two attached hydrogens (primary N) is 1. The lowest BCUT2D eigenvalue weighted by atomic mass is 10.2. The largest absolute Gasteiger partial charge is 0.368 e. The van der Waals surface area contributed by atoms with Crippen molar-refractivity contribution in [3.8, 4) is 5.69 Å². The van der Waals surface area contributed by atoms with Crippen LogP contribution in [0.1, 0.15) is 34.8 Å². The number of benzene rings is 1. The van der Waals surface area contributed by atoms with E-state index in [0.29, 0.717) is 29.3 Å². The molecule has 0 aliphatic carbocycles. The van der Waals surface area contributed by atoms with Gasteiger partial charge in [0.1, 0.15) is 11.4 Å². The molecule has 0 unspecified atom stereocenters. The quantitative estimate of drug-likeness (QED) is 0.502. The van der Waals surface area contributed by atoms with Gasteiger partial charge in [0.2, 0.25) is 5.95 Å². The summed E-state index contributed by atoms with van der Waals surface area (Å²) in [5, 5.41) is 7.64. The van der Waals surface area contributed by atoms with E-state index in [1.807, 2.05) is 6.07 Å². The molecule has 0 spiro atoms. The second-order valence-electron chi connectivity index (χ2n) is 7.57. The second kappa shape index (κ2) is 7.15. The van der Waals surface area contributed by atoms with Crippen molar-refractivity contribution in [1.82, 2.24) is 29.0 Å². The molecule has 1 aliphatic heterocycles. The predicted molar refractivity (Wildman–Crippen MR) is 115 cm³/mol. The molecular weight excluding hydrogens is 415 g/mol. The third-order valence-electron chi connectivity index (χ3n) is 5.37. The lowest BCUT2D eigenvalue weighted by Crippen LogP contribution is -2.30. The van der Waals surface area contributed by atoms with Crippen LogP contribution < -0.4 is 16.6 Å². The van der Waals surface area contributed by atoms with Crippen molar-refractivity contribution in [3.63, 3.8) is 0 Å². The zero-order valence-electron chi connectivity index (χ0n) is 17.3. The first-order chi connectivity index (χ1) is 15.3. The molecule has 0 bridgehead atoms. The summed E-state index contributed by atoms with van der Waals surface area (Å²) in [5.41, 5.74) is 6.52. The van der Waals surface area contributed by atoms with Crippen LogP contribution in [0.25, 0.3) is 11.2 Å². The predicted octanol–water partition coefficient (Wildman–Crippen LogP) is 1.76. The smallest absolute Gasteiger partial charge is 0.285 e. The van der Waals surface area contributed by atoms with Gasteiger partial charge in [-0.3, -0.25) is 14.2 Å². The van der Waals surface area contributed by atoms with Crippen LogP contribution in [0.15, 0.2) is 47.4 Å². The number of halogens is 1. The fraction of sp³-hybridized carbons (Fsp3) is 0.190. The number of para-hydroxylation sites is 1. The zero-order chi connectivity index (χ0) is 22.6. The first-order valence-corrected chi connectivity index (χ1v) is 9.88. The Bertz CT molecular complexity index is 1430. The van der Waals surface area contributed by atoms with Gasteiger partial charge in [0.15, 0.2) is 17.2 Å². The van der Waals surface area contributed by atoms with E-state index in [1.165, 1.54) is 26.2 Å². The number of nitrogen functional groups attached to an aromatic ring is 1. The average molecular weight is 434 g/mol. The molecule has 0 saturated carbocycles. The van der Waals surface area contributed by atoms with E-state index in [1.54, 1.807) is 38.2 Å². The summed E-state index contributed by atoms with van der Waals surface area (Å²) in [6.07, 6.45) is 1.39. The zero-order valence-corrected chi connectivity index (χ0v) is 17.3. The van der Waals surface area contributed by atoms with Gasteiger partial charge >= 0.3 is 0 Å². The van der Waals surface area contributed by atoms with Crippen LogP contribution in [-0.2, 0) is 6.54 Å². The van der Waals surface area contributed by atoms with E-state index in [-0.39, 0.29) is 23.2 Å². The molecule has 3 N–H and O–H groups in total. The Kier molecular flexibility index (Phi) is 4.40. The summed E-state index contributed by atoms with van der Waals surface area (Å²) in [7, 11) is 1.66. The Morgan fingerprint density at radius 3 is 2.66 bits per heavy atom. The van der Waals surface area contributed by atoms with E-state index in [2.05, 4.69) is 20.4 Å². The highest BCUT2D eigenvalue weighted by Gasteiger charge is 2.32. The molecule has 1 atom stereocenters. The number of carbonyl (C=O) groups excluding carboxylic acids is 1. The highest BCUT2D eigenvalue weighted by molar-refractivity contribution is 6.02. The molecule has 0 saturated heterocycles. The molecule has 1 aromatic carbocycles. The number of hydrogen-bond acceptors (Lipinski definition) is 7. The van der Waals surface area contributed by atoms with Gasteiger partial charge in [-0.2, -0.15) is 10.1 Å². The van der Waals surface area contributed by atoms with E-state index < -0.39 is 17.4 Å². The van der Waals surface area contributed by atoms with Gasteiger partial charge < -0.3 is 16.0 Å². The number of nitrogens with one attached hydrogen (secondary N) is 1. The van der Waals surface area contributed by atoms with Crippen molar-refractivity contribution in [1.29, 1.82) is 0 Å². The van der Waals surface area contributed by atoms with Crippen LogP contribution in [0.2, 0.25) is 0 Å². The van der Waals surface area contributed by atoms with Gasteiger partial charge in [0.05, 0.1) is 24.0 Å². The molecule has 3 aromatic heterocycles. The molecule has 1 aliphatic rings. The minimum Gasteiger partial charge on any atom is -0.368 e. The van der Waals surface area contributed by atoms with Gasteiger partial charge in [0, 0.05) is 13.2 Å². The number of hydrogen-bond donors (Lipinski definition) is 2. The summed E-state index contributed by atoms with van der Waals surface area (Å²) in [6.45, 7) is 2.09. The maximum Gasteiger partial charge on any atom is 0.285 e. The highest BCUT2D eigenvalue weighted by atomic mass is 19.1. The molecule has 0 fully saturated rings. The summed E-state index contributed by atoms with van der Waals surface area (Å²) in [6, 6.07) is 9.41. The van der Waals surface area contributed by atoms with E-state index in [9.17, 15) is 14.0 Å². The van der Waals surface area contributed by atoms with Gasteiger partial charge in [0.25, 0.3) is 11.5 Å². The number of rotatable bonds is 4. The first-order valence-electron chi connectivity index (χ1n) is 9.88. The van der Waals surface area contributed by atoms with Crippen molar-refractivity contribution < 1.29 is 9.18 Å². The Morgan fingerprint density at radius 1 is 1.16 bits per heavy atom. The van der Waals surface area contributed by atoms with Crippen LogP contribution in [0.4, 0.5) is 16.2 Å². The third-order valence-corrected chi connectivity index (χ3v) is 5.37. The van der Waals surface area contributed by atoms with Crippen LogP contribution >= 0.6 is 0 Å². The SMILES string of the molecule is C[C@H](Nc1nc(N)nc2c1C(=O)N(C)C2)c1nn2ccc(F)c2c(=O)n1-c1ccccc1. The Morgan fingerprint density at radius 2 is 1.91 bits per heavy atom. The molecule has 4 aromatic rings. The van der Waals surface area contributed by atoms with Gasteiger partial charge in [-0.15, -0.1) is 0 Å². The fourth-order valence-corrected chi connectivity index (χ4v) is 3.88. The number of amides is 1. The number of fused-ring (bicyclic) bond motifs is 2. The lowest BCUT2D eigenvalue weighted by molar-refractivity contribution is 0.0816. The number of carbonyl (C=O) groups is 1. The van der Waals surface area contributed by atoms with Crippen molar-refractivity contribution in [2.24, 2.45) is 0 Å². The lowest BCUT2D eigenvalue weighted by Gasteiger charge is -2.20. The maximum atomic E-state index is 14.3. The topological polar surface area (TPSA) is 123 Å². The molecule has 0 radical (unpaired) electrons. The molecular formula is C21H19FN8O2. The Balaban J connectivity index is 1.67. The van der Waals surface area contributed by atoms with Gasteiger partial charge in [-0.05, 0) is 25.1 Å². The number of anilines is 2.